The van der Waals surface area contributed by atoms with E-state index in [1.807, 2.05) is 0 Å². The Kier molecular flexibility index (Phi) is 2.77. The van der Waals surface area contributed by atoms with E-state index in [0.717, 1.165) is 12.8 Å². The first kappa shape index (κ1) is 11.8. The van der Waals surface area contributed by atoms with Crippen LogP contribution in [-0.4, -0.2) is 16.9 Å². The molecule has 1 aromatic rings. The molecule has 1 aromatic carbocycles. The average molecular weight is 232 g/mol. The van der Waals surface area contributed by atoms with E-state index in [0.29, 0.717) is 11.1 Å². The standard InChI is InChI=1S/C14H16O3/c1-14(2,13(16)17)11-5-3-4-10(8-11)12(15)9-6-7-9/h3-5,8-9H,6-7H2,1-2H3,(H,16,17). The molecule has 1 aliphatic carbocycles. The molecule has 0 aliphatic heterocycles. The maximum absolute atomic E-state index is 11.9. The zero-order valence-corrected chi connectivity index (χ0v) is 10.1. The summed E-state index contributed by atoms with van der Waals surface area (Å²) in [7, 11) is 0. The van der Waals surface area contributed by atoms with E-state index in [4.69, 9.17) is 5.11 Å². The number of aliphatic carboxylic acids is 1. The van der Waals surface area contributed by atoms with Crippen molar-refractivity contribution in [3.63, 3.8) is 0 Å². The summed E-state index contributed by atoms with van der Waals surface area (Å²) in [6, 6.07) is 7.00. The van der Waals surface area contributed by atoms with Crippen molar-refractivity contribution in [2.24, 2.45) is 5.92 Å². The van der Waals surface area contributed by atoms with Gasteiger partial charge in [0, 0.05) is 11.5 Å². The first-order chi connectivity index (χ1) is 7.93. The fourth-order valence-electron chi connectivity index (χ4n) is 1.77. The van der Waals surface area contributed by atoms with Gasteiger partial charge >= 0.3 is 5.97 Å². The van der Waals surface area contributed by atoms with Crippen LogP contribution in [0.15, 0.2) is 24.3 Å². The molecular formula is C14H16O3. The Labute approximate surface area is 100 Å². The van der Waals surface area contributed by atoms with Crippen LogP contribution in [0, 0.1) is 5.92 Å². The van der Waals surface area contributed by atoms with Crippen molar-refractivity contribution in [2.75, 3.05) is 0 Å². The third-order valence-electron chi connectivity index (χ3n) is 3.35. The van der Waals surface area contributed by atoms with E-state index < -0.39 is 11.4 Å². The normalized spacial score (nSPS) is 15.6. The highest BCUT2D eigenvalue weighted by Gasteiger charge is 2.33. The van der Waals surface area contributed by atoms with Crippen molar-refractivity contribution in [3.8, 4) is 0 Å². The van der Waals surface area contributed by atoms with E-state index in [-0.39, 0.29) is 11.7 Å². The lowest BCUT2D eigenvalue weighted by Gasteiger charge is -2.20. The molecule has 0 atom stereocenters. The van der Waals surface area contributed by atoms with Gasteiger partial charge in [-0.25, -0.2) is 0 Å². The highest BCUT2D eigenvalue weighted by molar-refractivity contribution is 5.99. The first-order valence-corrected chi connectivity index (χ1v) is 5.81. The summed E-state index contributed by atoms with van der Waals surface area (Å²) in [5.41, 5.74) is 0.357. The lowest BCUT2D eigenvalue weighted by molar-refractivity contribution is -0.142. The summed E-state index contributed by atoms with van der Waals surface area (Å²) in [4.78, 5) is 23.1. The van der Waals surface area contributed by atoms with Crippen LogP contribution >= 0.6 is 0 Å². The summed E-state index contributed by atoms with van der Waals surface area (Å²) in [5, 5.41) is 9.16. The largest absolute Gasteiger partial charge is 0.481 e. The van der Waals surface area contributed by atoms with Gasteiger partial charge in [-0.1, -0.05) is 18.2 Å². The summed E-state index contributed by atoms with van der Waals surface area (Å²) in [6.45, 7) is 3.30. The molecule has 1 fully saturated rings. The molecule has 0 amide bonds. The molecule has 0 radical (unpaired) electrons. The summed E-state index contributed by atoms with van der Waals surface area (Å²) >= 11 is 0. The Morgan fingerprint density at radius 3 is 2.47 bits per heavy atom. The van der Waals surface area contributed by atoms with Crippen molar-refractivity contribution < 1.29 is 14.7 Å². The number of benzene rings is 1. The molecular weight excluding hydrogens is 216 g/mol. The van der Waals surface area contributed by atoms with Crippen molar-refractivity contribution in [1.29, 1.82) is 0 Å². The predicted molar refractivity (Wildman–Crippen MR) is 64.2 cm³/mol. The minimum Gasteiger partial charge on any atom is -0.481 e. The maximum atomic E-state index is 11.9. The van der Waals surface area contributed by atoms with Crippen LogP contribution in [0.1, 0.15) is 42.6 Å². The molecule has 0 aromatic heterocycles. The molecule has 0 spiro atoms. The molecule has 0 saturated heterocycles. The lowest BCUT2D eigenvalue weighted by atomic mass is 9.83. The van der Waals surface area contributed by atoms with E-state index in [1.54, 1.807) is 38.1 Å². The van der Waals surface area contributed by atoms with Crippen LogP contribution in [0.5, 0.6) is 0 Å². The van der Waals surface area contributed by atoms with Crippen LogP contribution in [0.25, 0.3) is 0 Å². The third kappa shape index (κ3) is 2.23. The van der Waals surface area contributed by atoms with Crippen molar-refractivity contribution in [1.82, 2.24) is 0 Å². The van der Waals surface area contributed by atoms with Crippen LogP contribution < -0.4 is 0 Å². The van der Waals surface area contributed by atoms with Gasteiger partial charge in [-0.2, -0.15) is 0 Å². The molecule has 1 saturated carbocycles. The van der Waals surface area contributed by atoms with Crippen LogP contribution in [0.4, 0.5) is 0 Å². The Morgan fingerprint density at radius 1 is 1.29 bits per heavy atom. The van der Waals surface area contributed by atoms with Crippen molar-refractivity contribution >= 4 is 11.8 Å². The highest BCUT2D eigenvalue weighted by Crippen LogP contribution is 2.33. The van der Waals surface area contributed by atoms with Gasteiger partial charge in [0.25, 0.3) is 0 Å². The minimum absolute atomic E-state index is 0.146. The number of ketones is 1. The Morgan fingerprint density at radius 2 is 1.94 bits per heavy atom. The number of rotatable bonds is 4. The molecule has 2 rings (SSSR count). The SMILES string of the molecule is CC(C)(C(=O)O)c1cccc(C(=O)C2CC2)c1. The van der Waals surface area contributed by atoms with Crippen LogP contribution in [0.3, 0.4) is 0 Å². The number of carboxylic acid groups (broad SMARTS) is 1. The average Bonchev–Trinajstić information content (AvgIpc) is 3.12. The second-order valence-corrected chi connectivity index (χ2v) is 5.15. The molecule has 90 valence electrons. The van der Waals surface area contributed by atoms with Crippen molar-refractivity contribution in [2.45, 2.75) is 32.1 Å². The fraction of sp³-hybridized carbons (Fsp3) is 0.429. The number of carbonyl (C=O) groups is 2. The number of hydrogen-bond donors (Lipinski definition) is 1. The van der Waals surface area contributed by atoms with Crippen LogP contribution in [-0.2, 0) is 10.2 Å². The second kappa shape index (κ2) is 3.99. The minimum atomic E-state index is -0.958. The van der Waals surface area contributed by atoms with E-state index in [2.05, 4.69) is 0 Å². The molecule has 0 unspecified atom stereocenters. The monoisotopic (exact) mass is 232 g/mol. The van der Waals surface area contributed by atoms with E-state index >= 15 is 0 Å². The Hall–Kier alpha value is -1.64. The molecule has 3 heteroatoms. The summed E-state index contributed by atoms with van der Waals surface area (Å²) in [5.74, 6) is -0.570. The van der Waals surface area contributed by atoms with E-state index in [9.17, 15) is 9.59 Å². The molecule has 0 heterocycles. The quantitative estimate of drug-likeness (QED) is 0.812. The predicted octanol–water partition coefficient (Wildman–Crippen LogP) is 2.64. The zero-order chi connectivity index (χ0) is 12.6. The van der Waals surface area contributed by atoms with Gasteiger partial charge in [0.05, 0.1) is 5.41 Å². The topological polar surface area (TPSA) is 54.4 Å². The van der Waals surface area contributed by atoms with Gasteiger partial charge < -0.3 is 5.11 Å². The summed E-state index contributed by atoms with van der Waals surface area (Å²) < 4.78 is 0. The smallest absolute Gasteiger partial charge is 0.313 e. The Bertz CT molecular complexity index is 470. The lowest BCUT2D eigenvalue weighted by Crippen LogP contribution is -2.28. The van der Waals surface area contributed by atoms with Gasteiger partial charge in [0.15, 0.2) is 5.78 Å². The van der Waals surface area contributed by atoms with Gasteiger partial charge in [0.1, 0.15) is 0 Å². The second-order valence-electron chi connectivity index (χ2n) is 5.15. The Balaban J connectivity index is 2.34. The molecule has 0 bridgehead atoms. The highest BCUT2D eigenvalue weighted by atomic mass is 16.4. The number of Topliss-reactive ketones (excluding diaryl/α,β-unsaturated/α-hetero) is 1. The first-order valence-electron chi connectivity index (χ1n) is 5.81. The molecule has 1 aliphatic rings. The number of hydrogen-bond acceptors (Lipinski definition) is 2. The van der Waals surface area contributed by atoms with Crippen LogP contribution in [0.2, 0.25) is 0 Å². The third-order valence-corrected chi connectivity index (χ3v) is 3.35. The van der Waals surface area contributed by atoms with Gasteiger partial charge in [-0.3, -0.25) is 9.59 Å². The molecule has 3 nitrogen and oxygen atoms in total. The van der Waals surface area contributed by atoms with Gasteiger partial charge in [-0.05, 0) is 38.3 Å². The van der Waals surface area contributed by atoms with Crippen molar-refractivity contribution in [3.05, 3.63) is 35.4 Å². The zero-order valence-electron chi connectivity index (χ0n) is 10.1. The summed E-state index contributed by atoms with van der Waals surface area (Å²) in [6.07, 6.45) is 1.93. The fourth-order valence-corrected chi connectivity index (χ4v) is 1.77. The van der Waals surface area contributed by atoms with Gasteiger partial charge in [0.2, 0.25) is 0 Å². The molecule has 1 N–H and O–H groups in total. The number of carbonyl (C=O) groups excluding carboxylic acids is 1. The number of carboxylic acids is 1. The van der Waals surface area contributed by atoms with E-state index in [1.165, 1.54) is 0 Å². The molecule has 17 heavy (non-hydrogen) atoms. The maximum Gasteiger partial charge on any atom is 0.313 e. The van der Waals surface area contributed by atoms with Gasteiger partial charge in [-0.15, -0.1) is 0 Å².